The van der Waals surface area contributed by atoms with Gasteiger partial charge in [-0.3, -0.25) is 14.2 Å². The van der Waals surface area contributed by atoms with E-state index in [4.69, 9.17) is 0 Å². The summed E-state index contributed by atoms with van der Waals surface area (Å²) in [5.41, 5.74) is 0. The Morgan fingerprint density at radius 1 is 1.36 bits per heavy atom. The molecule has 3 nitrogen and oxygen atoms in total. The van der Waals surface area contributed by atoms with Crippen LogP contribution in [-0.2, 0) is 6.54 Å². The van der Waals surface area contributed by atoms with Crippen LogP contribution in [0.2, 0.25) is 0 Å². The van der Waals surface area contributed by atoms with Crippen LogP contribution in [0.15, 0.2) is 21.7 Å². The lowest BCUT2D eigenvalue weighted by Crippen LogP contribution is -2.22. The number of aromatic nitrogens is 1. The normalized spacial score (nSPS) is 11.0. The molecule has 0 bridgehead atoms. The van der Waals surface area contributed by atoms with Gasteiger partial charge >= 0.3 is 9.75 Å². The highest BCUT2D eigenvalue weighted by Gasteiger charge is 1.99. The van der Waals surface area contributed by atoms with Gasteiger partial charge < -0.3 is 0 Å². The van der Waals surface area contributed by atoms with Crippen LogP contribution in [0.3, 0.4) is 0 Å². The number of hydrogen-bond donors (Lipinski definition) is 0. The Morgan fingerprint density at radius 2 is 1.91 bits per heavy atom. The summed E-state index contributed by atoms with van der Waals surface area (Å²) < 4.78 is 1.22. The highest BCUT2D eigenvalue weighted by atomic mass is 32.9. The van der Waals surface area contributed by atoms with Crippen LogP contribution in [-0.4, -0.2) is 4.57 Å². The topological polar surface area (TPSA) is 39.1 Å². The summed E-state index contributed by atoms with van der Waals surface area (Å²) >= 11 is 0. The van der Waals surface area contributed by atoms with Gasteiger partial charge in [-0.2, -0.15) is 0 Å². The fourth-order valence-electron chi connectivity index (χ4n) is 0.596. The van der Waals surface area contributed by atoms with Crippen molar-refractivity contribution in [3.05, 3.63) is 31.5 Å². The fourth-order valence-corrected chi connectivity index (χ4v) is 2.26. The molecular weight excluding hydrogens is 182 g/mol. The van der Waals surface area contributed by atoms with E-state index in [0.717, 1.165) is 20.7 Å². The van der Waals surface area contributed by atoms with E-state index in [9.17, 15) is 9.59 Å². The summed E-state index contributed by atoms with van der Waals surface area (Å²) in [6.07, 6.45) is 3.59. The predicted octanol–water partition coefficient (Wildman–Crippen LogP) is 0.908. The van der Waals surface area contributed by atoms with Crippen LogP contribution in [0.1, 0.15) is 6.92 Å². The first-order valence-electron chi connectivity index (χ1n) is 3.07. The molecule has 0 fully saturated rings. The maximum Gasteiger partial charge on any atom is 0.320 e. The largest absolute Gasteiger partial charge is 0.320 e. The number of nitrogens with zero attached hydrogens (tertiary/aromatic N) is 1. The van der Waals surface area contributed by atoms with Crippen LogP contribution in [0.4, 0.5) is 0 Å². The first-order valence-corrected chi connectivity index (χ1v) is 5.22. The van der Waals surface area contributed by atoms with Crippen LogP contribution in [0.5, 0.6) is 0 Å². The minimum Gasteiger partial charge on any atom is -0.256 e. The van der Waals surface area contributed by atoms with Gasteiger partial charge in [0.05, 0.1) is 0 Å². The van der Waals surface area contributed by atoms with Crippen molar-refractivity contribution in [2.24, 2.45) is 0 Å². The molecule has 0 spiro atoms. The van der Waals surface area contributed by atoms with Gasteiger partial charge in [0.2, 0.25) is 0 Å². The lowest BCUT2D eigenvalue weighted by molar-refractivity contribution is 0.783. The molecule has 0 saturated heterocycles. The van der Waals surface area contributed by atoms with Gasteiger partial charge in [0.15, 0.2) is 0 Å². The average molecular weight is 189 g/mol. The van der Waals surface area contributed by atoms with E-state index >= 15 is 0 Å². The first-order chi connectivity index (χ1) is 5.25. The third-order valence-electron chi connectivity index (χ3n) is 1.15. The number of allylic oxidation sites excluding steroid dienone is 2. The molecule has 1 rings (SSSR count). The maximum atomic E-state index is 10.9. The standard InChI is InChI=1S/C6H7NO2S2/c1-2-3-4-7-5(8)10-11-6(7)9/h2-3H,4H2,1H3/b3-2+. The van der Waals surface area contributed by atoms with Crippen LogP contribution in [0.25, 0.3) is 0 Å². The summed E-state index contributed by atoms with van der Waals surface area (Å²) in [5.74, 6) is 0. The molecule has 0 amide bonds. The number of hydrogen-bond acceptors (Lipinski definition) is 4. The molecule has 0 aliphatic carbocycles. The van der Waals surface area contributed by atoms with Gasteiger partial charge in [-0.05, 0) is 27.6 Å². The molecule has 60 valence electrons. The summed E-state index contributed by atoms with van der Waals surface area (Å²) in [4.78, 5) is 21.5. The highest BCUT2D eigenvalue weighted by molar-refractivity contribution is 7.67. The second-order valence-electron chi connectivity index (χ2n) is 1.88. The van der Waals surface area contributed by atoms with E-state index in [1.54, 1.807) is 6.08 Å². The van der Waals surface area contributed by atoms with Crippen molar-refractivity contribution in [3.8, 4) is 0 Å². The van der Waals surface area contributed by atoms with Gasteiger partial charge in [0.25, 0.3) is 0 Å². The molecule has 11 heavy (non-hydrogen) atoms. The van der Waals surface area contributed by atoms with E-state index in [1.807, 2.05) is 13.0 Å². The summed E-state index contributed by atoms with van der Waals surface area (Å²) in [5, 5.41) is 0. The Labute approximate surface area is 70.6 Å². The molecule has 0 N–H and O–H groups in total. The zero-order valence-corrected chi connectivity index (χ0v) is 7.58. The fraction of sp³-hybridized carbons (Fsp3) is 0.333. The lowest BCUT2D eigenvalue weighted by Gasteiger charge is -1.88. The van der Waals surface area contributed by atoms with Crippen molar-refractivity contribution in [1.82, 2.24) is 4.57 Å². The first kappa shape index (κ1) is 8.42. The van der Waals surface area contributed by atoms with Crippen molar-refractivity contribution in [2.45, 2.75) is 13.5 Å². The van der Waals surface area contributed by atoms with Gasteiger partial charge in [0.1, 0.15) is 0 Å². The summed E-state index contributed by atoms with van der Waals surface area (Å²) in [6.45, 7) is 2.25. The zero-order chi connectivity index (χ0) is 8.27. The monoisotopic (exact) mass is 189 g/mol. The van der Waals surface area contributed by atoms with Gasteiger partial charge in [-0.15, -0.1) is 0 Å². The lowest BCUT2D eigenvalue weighted by atomic mass is 10.5. The Balaban J connectivity index is 3.02. The van der Waals surface area contributed by atoms with Crippen LogP contribution >= 0.6 is 20.7 Å². The molecular formula is C6H7NO2S2. The predicted molar refractivity (Wildman–Crippen MR) is 47.5 cm³/mol. The van der Waals surface area contributed by atoms with E-state index in [0.29, 0.717) is 6.54 Å². The molecule has 0 aliphatic rings. The quantitative estimate of drug-likeness (QED) is 0.512. The van der Waals surface area contributed by atoms with E-state index < -0.39 is 0 Å². The van der Waals surface area contributed by atoms with Gasteiger partial charge in [0, 0.05) is 6.54 Å². The highest BCUT2D eigenvalue weighted by Crippen LogP contribution is 1.90. The molecule has 0 aliphatic heterocycles. The Hall–Kier alpha value is -0.680. The van der Waals surface area contributed by atoms with E-state index in [1.165, 1.54) is 4.57 Å². The van der Waals surface area contributed by atoms with Crippen molar-refractivity contribution in [3.63, 3.8) is 0 Å². The Morgan fingerprint density at radius 3 is 2.36 bits per heavy atom. The van der Waals surface area contributed by atoms with Crippen molar-refractivity contribution in [1.29, 1.82) is 0 Å². The summed E-state index contributed by atoms with van der Waals surface area (Å²) in [7, 11) is 1.97. The van der Waals surface area contributed by atoms with Crippen molar-refractivity contribution >= 4 is 20.7 Å². The van der Waals surface area contributed by atoms with Crippen molar-refractivity contribution in [2.75, 3.05) is 0 Å². The molecule has 1 heterocycles. The van der Waals surface area contributed by atoms with Gasteiger partial charge in [-0.1, -0.05) is 12.2 Å². The average Bonchev–Trinajstić information content (AvgIpc) is 2.29. The second-order valence-corrected chi connectivity index (χ2v) is 3.91. The molecule has 1 aromatic heterocycles. The smallest absolute Gasteiger partial charge is 0.256 e. The molecule has 0 atom stereocenters. The molecule has 5 heteroatoms. The molecule has 0 aromatic carbocycles. The second kappa shape index (κ2) is 3.64. The molecule has 0 unspecified atom stereocenters. The third-order valence-corrected chi connectivity index (χ3v) is 3.06. The minimum absolute atomic E-state index is 0.168. The molecule has 0 saturated carbocycles. The van der Waals surface area contributed by atoms with Crippen LogP contribution in [0, 0.1) is 0 Å². The SMILES string of the molecule is C/C=C/Cn1c(=O)ssc1=O. The number of rotatable bonds is 2. The minimum atomic E-state index is -0.168. The van der Waals surface area contributed by atoms with Crippen molar-refractivity contribution < 1.29 is 0 Å². The molecule has 1 aromatic rings. The Bertz CT molecular complexity index is 330. The van der Waals surface area contributed by atoms with Crippen LogP contribution < -0.4 is 9.75 Å². The maximum absolute atomic E-state index is 10.9. The summed E-state index contributed by atoms with van der Waals surface area (Å²) in [6, 6.07) is 0. The van der Waals surface area contributed by atoms with E-state index in [2.05, 4.69) is 0 Å². The molecule has 0 radical (unpaired) electrons. The third kappa shape index (κ3) is 1.87. The van der Waals surface area contributed by atoms with Gasteiger partial charge in [-0.25, -0.2) is 0 Å². The zero-order valence-electron chi connectivity index (χ0n) is 5.94. The Kier molecular flexibility index (Phi) is 2.78. The van der Waals surface area contributed by atoms with E-state index in [-0.39, 0.29) is 9.75 Å².